The number of hydrogen-bond acceptors (Lipinski definition) is 4. The first kappa shape index (κ1) is 25.0. The lowest BCUT2D eigenvalue weighted by Crippen LogP contribution is -2.39. The molecule has 1 heterocycles. The van der Waals surface area contributed by atoms with Crippen LogP contribution in [0.1, 0.15) is 39.6 Å². The number of ether oxygens (including phenoxy) is 1. The summed E-state index contributed by atoms with van der Waals surface area (Å²) < 4.78 is 5.86. The van der Waals surface area contributed by atoms with Crippen molar-refractivity contribution in [1.29, 1.82) is 0 Å². The molecule has 1 aromatic heterocycles. The summed E-state index contributed by atoms with van der Waals surface area (Å²) in [6, 6.07) is 20.1. The van der Waals surface area contributed by atoms with Crippen molar-refractivity contribution in [2.75, 3.05) is 20.3 Å². The number of rotatable bonds is 10. The van der Waals surface area contributed by atoms with Gasteiger partial charge in [0, 0.05) is 29.7 Å². The highest BCUT2D eigenvalue weighted by Crippen LogP contribution is 2.28. The molecule has 0 fully saturated rings. The molecule has 0 saturated carbocycles. The zero-order valence-corrected chi connectivity index (χ0v) is 20.5. The van der Waals surface area contributed by atoms with Gasteiger partial charge in [0.25, 0.3) is 11.8 Å². The molecular weight excluding hydrogens is 454 g/mol. The van der Waals surface area contributed by atoms with Crippen LogP contribution in [0.4, 0.5) is 0 Å². The summed E-state index contributed by atoms with van der Waals surface area (Å²) in [5.41, 5.74) is 4.69. The molecule has 186 valence electrons. The smallest absolute Gasteiger partial charge is 0.255 e. The van der Waals surface area contributed by atoms with E-state index in [1.54, 1.807) is 31.3 Å². The number of H-pyrrole nitrogens is 1. The number of nitrogens with one attached hydrogen (secondary N) is 3. The van der Waals surface area contributed by atoms with Gasteiger partial charge in [-0.05, 0) is 59.9 Å². The molecule has 0 aliphatic rings. The van der Waals surface area contributed by atoms with Crippen molar-refractivity contribution < 1.29 is 19.4 Å². The van der Waals surface area contributed by atoms with Crippen LogP contribution in [-0.2, 0) is 6.42 Å². The van der Waals surface area contributed by atoms with Gasteiger partial charge in [-0.25, -0.2) is 0 Å². The first-order valence-electron chi connectivity index (χ1n) is 12.1. The van der Waals surface area contributed by atoms with Crippen molar-refractivity contribution in [2.45, 2.75) is 25.8 Å². The lowest BCUT2D eigenvalue weighted by atomic mass is 10.00. The van der Waals surface area contributed by atoms with Crippen molar-refractivity contribution in [3.05, 3.63) is 89.6 Å². The molecule has 1 atom stereocenters. The lowest BCUT2D eigenvalue weighted by Gasteiger charge is -2.18. The third-order valence-corrected chi connectivity index (χ3v) is 6.09. The number of aromatic amines is 1. The van der Waals surface area contributed by atoms with Gasteiger partial charge in [0.05, 0.1) is 24.8 Å². The van der Waals surface area contributed by atoms with Gasteiger partial charge in [-0.3, -0.25) is 9.59 Å². The zero-order valence-electron chi connectivity index (χ0n) is 20.5. The molecule has 4 aromatic rings. The second-order valence-electron chi connectivity index (χ2n) is 8.63. The molecule has 0 saturated heterocycles. The van der Waals surface area contributed by atoms with E-state index < -0.39 is 6.04 Å². The van der Waals surface area contributed by atoms with Crippen LogP contribution >= 0.6 is 0 Å². The molecule has 0 spiro atoms. The van der Waals surface area contributed by atoms with Crippen LogP contribution in [0.15, 0.2) is 72.9 Å². The predicted molar refractivity (Wildman–Crippen MR) is 141 cm³/mol. The second-order valence-corrected chi connectivity index (χ2v) is 8.63. The normalized spacial score (nSPS) is 11.8. The van der Waals surface area contributed by atoms with Crippen molar-refractivity contribution >= 4 is 22.7 Å². The number of aliphatic hydroxyl groups is 1. The van der Waals surface area contributed by atoms with Crippen molar-refractivity contribution in [3.8, 4) is 16.9 Å². The minimum Gasteiger partial charge on any atom is -0.493 e. The molecule has 0 radical (unpaired) electrons. The Hall–Kier alpha value is -4.10. The fourth-order valence-corrected chi connectivity index (χ4v) is 4.17. The molecule has 0 aliphatic heterocycles. The van der Waals surface area contributed by atoms with Gasteiger partial charge >= 0.3 is 0 Å². The summed E-state index contributed by atoms with van der Waals surface area (Å²) in [5, 5.41) is 16.7. The zero-order chi connectivity index (χ0) is 25.5. The Morgan fingerprint density at radius 3 is 2.47 bits per heavy atom. The van der Waals surface area contributed by atoms with Gasteiger partial charge in [0.1, 0.15) is 5.75 Å². The highest BCUT2D eigenvalue weighted by atomic mass is 16.5. The molecule has 4 N–H and O–H groups in total. The van der Waals surface area contributed by atoms with E-state index in [-0.39, 0.29) is 18.4 Å². The summed E-state index contributed by atoms with van der Waals surface area (Å²) in [7, 11) is 1.59. The highest BCUT2D eigenvalue weighted by Gasteiger charge is 2.20. The molecule has 7 nitrogen and oxygen atoms in total. The third kappa shape index (κ3) is 5.58. The molecule has 3 aromatic carbocycles. The van der Waals surface area contributed by atoms with Crippen molar-refractivity contribution in [3.63, 3.8) is 0 Å². The molecule has 7 heteroatoms. The van der Waals surface area contributed by atoms with Gasteiger partial charge < -0.3 is 25.5 Å². The average Bonchev–Trinajstić information content (AvgIpc) is 3.33. The average molecular weight is 486 g/mol. The van der Waals surface area contributed by atoms with Crippen LogP contribution in [-0.4, -0.2) is 48.2 Å². The summed E-state index contributed by atoms with van der Waals surface area (Å²) in [5.74, 6) is 0.0165. The van der Waals surface area contributed by atoms with Crippen LogP contribution in [0.2, 0.25) is 0 Å². The summed E-state index contributed by atoms with van der Waals surface area (Å²) >= 11 is 0. The SMILES string of the molecule is CCCOc1ccc(-c2ccc(C(=O)NC)cc2)cc1C(=O)N[C@H](CO)Cc1c[nH]c2ccccc12. The maximum absolute atomic E-state index is 13.4. The Morgan fingerprint density at radius 1 is 1.00 bits per heavy atom. The van der Waals surface area contributed by atoms with E-state index in [2.05, 4.69) is 15.6 Å². The van der Waals surface area contributed by atoms with Gasteiger partial charge in [0.15, 0.2) is 0 Å². The number of benzene rings is 3. The first-order chi connectivity index (χ1) is 17.5. The fourth-order valence-electron chi connectivity index (χ4n) is 4.17. The Balaban J connectivity index is 1.58. The van der Waals surface area contributed by atoms with Crippen LogP contribution in [0.25, 0.3) is 22.0 Å². The van der Waals surface area contributed by atoms with Crippen LogP contribution in [0, 0.1) is 0 Å². The Labute approximate surface area is 210 Å². The minimum atomic E-state index is -0.466. The number of carbonyl (C=O) groups is 2. The number of para-hydroxylation sites is 1. The van der Waals surface area contributed by atoms with Crippen LogP contribution < -0.4 is 15.4 Å². The molecule has 4 rings (SSSR count). The molecular formula is C29H31N3O4. The third-order valence-electron chi connectivity index (χ3n) is 6.09. The highest BCUT2D eigenvalue weighted by molar-refractivity contribution is 5.99. The quantitative estimate of drug-likeness (QED) is 0.269. The summed E-state index contributed by atoms with van der Waals surface area (Å²) in [4.78, 5) is 28.5. The molecule has 0 aliphatic carbocycles. The van der Waals surface area contributed by atoms with E-state index in [4.69, 9.17) is 4.74 Å². The standard InChI is InChI=1S/C29H31N3O4/c1-3-14-36-27-13-12-21(19-8-10-20(11-9-19)28(34)30-2)16-25(27)29(35)32-23(18-33)15-22-17-31-26-7-5-4-6-24(22)26/h4-13,16-17,23,31,33H,3,14-15,18H2,1-2H3,(H,30,34)(H,32,35)/t23-/m0/s1. The van der Waals surface area contributed by atoms with Crippen LogP contribution in [0.3, 0.4) is 0 Å². The Kier molecular flexibility index (Phi) is 8.02. The molecule has 2 amide bonds. The molecule has 0 bridgehead atoms. The maximum atomic E-state index is 13.4. The van der Waals surface area contributed by atoms with E-state index in [1.165, 1.54) is 0 Å². The lowest BCUT2D eigenvalue weighted by molar-refractivity contribution is 0.0911. The topological polar surface area (TPSA) is 103 Å². The monoisotopic (exact) mass is 485 g/mol. The van der Waals surface area contributed by atoms with E-state index in [0.717, 1.165) is 34.0 Å². The maximum Gasteiger partial charge on any atom is 0.255 e. The first-order valence-corrected chi connectivity index (χ1v) is 12.1. The van der Waals surface area contributed by atoms with Gasteiger partial charge in [-0.1, -0.05) is 43.3 Å². The van der Waals surface area contributed by atoms with E-state index >= 15 is 0 Å². The minimum absolute atomic E-state index is 0.157. The van der Waals surface area contributed by atoms with E-state index in [0.29, 0.717) is 29.9 Å². The fraction of sp³-hybridized carbons (Fsp3) is 0.241. The van der Waals surface area contributed by atoms with Crippen LogP contribution in [0.5, 0.6) is 5.75 Å². The number of carbonyl (C=O) groups excluding carboxylic acids is 2. The molecule has 0 unspecified atom stereocenters. The van der Waals surface area contributed by atoms with E-state index in [1.807, 2.05) is 55.6 Å². The van der Waals surface area contributed by atoms with E-state index in [9.17, 15) is 14.7 Å². The van der Waals surface area contributed by atoms with Crippen molar-refractivity contribution in [2.24, 2.45) is 0 Å². The second kappa shape index (κ2) is 11.6. The number of aliphatic hydroxyl groups excluding tert-OH is 1. The largest absolute Gasteiger partial charge is 0.493 e. The number of amides is 2. The molecule has 36 heavy (non-hydrogen) atoms. The number of fused-ring (bicyclic) bond motifs is 1. The van der Waals surface area contributed by atoms with Crippen molar-refractivity contribution in [1.82, 2.24) is 15.6 Å². The van der Waals surface area contributed by atoms with Gasteiger partial charge in [-0.2, -0.15) is 0 Å². The Bertz CT molecular complexity index is 1340. The Morgan fingerprint density at radius 2 is 1.75 bits per heavy atom. The summed E-state index contributed by atoms with van der Waals surface area (Å²) in [6.45, 7) is 2.29. The predicted octanol–water partition coefficient (Wildman–Crippen LogP) is 4.32. The summed E-state index contributed by atoms with van der Waals surface area (Å²) in [6.07, 6.45) is 3.21. The number of aromatic nitrogens is 1. The number of hydrogen-bond donors (Lipinski definition) is 4. The van der Waals surface area contributed by atoms with Gasteiger partial charge in [-0.15, -0.1) is 0 Å². The van der Waals surface area contributed by atoms with Gasteiger partial charge in [0.2, 0.25) is 0 Å².